The fourth-order valence-electron chi connectivity index (χ4n) is 11.9. The van der Waals surface area contributed by atoms with Gasteiger partial charge in [-0.05, 0) is 43.4 Å². The van der Waals surface area contributed by atoms with Crippen molar-refractivity contribution >= 4 is 39.5 Å². The van der Waals surface area contributed by atoms with Crippen molar-refractivity contribution in [2.75, 3.05) is 39.6 Å². The maximum absolute atomic E-state index is 13.1. The van der Waals surface area contributed by atoms with Crippen molar-refractivity contribution in [3.05, 3.63) is 0 Å². The number of phosphoric acid groups is 2. The maximum Gasteiger partial charge on any atom is 0.472 e. The van der Waals surface area contributed by atoms with E-state index in [1.54, 1.807) is 0 Å². The second-order valence-electron chi connectivity index (χ2n) is 29.3. The second kappa shape index (κ2) is 68.5. The van der Waals surface area contributed by atoms with E-state index in [9.17, 15) is 43.2 Å². The predicted molar refractivity (Wildman–Crippen MR) is 395 cm³/mol. The molecule has 19 heteroatoms. The van der Waals surface area contributed by atoms with Gasteiger partial charge in [-0.3, -0.25) is 37.3 Å². The third kappa shape index (κ3) is 70.9. The molecule has 3 N–H and O–H groups in total. The molecule has 0 amide bonds. The molecular formula is C78H152O17P2. The number of aliphatic hydroxyl groups is 1. The highest BCUT2D eigenvalue weighted by Gasteiger charge is 2.30. The number of hydrogen-bond acceptors (Lipinski definition) is 15. The Morgan fingerprint density at radius 1 is 0.299 bits per heavy atom. The van der Waals surface area contributed by atoms with Crippen molar-refractivity contribution in [2.45, 2.75) is 420 Å². The van der Waals surface area contributed by atoms with Gasteiger partial charge in [0.25, 0.3) is 0 Å². The quantitative estimate of drug-likeness (QED) is 0.0222. The zero-order chi connectivity index (χ0) is 71.6. The molecule has 0 rings (SSSR count). The SMILES string of the molecule is CCCCCCCCCCCCCCCC(=O)O[C@H](COC(=O)CCCCCCCCC(C)CC)COP(=O)(O)OC[C@H](O)COP(=O)(O)OC[C@@H](COC(=O)CCCCCCCCCCCCCCCC(C)C)OC(=O)CCCCCCCCCCCCCCCCCC(C)C. The highest BCUT2D eigenvalue weighted by Crippen LogP contribution is 2.45. The van der Waals surface area contributed by atoms with Crippen molar-refractivity contribution in [2.24, 2.45) is 17.8 Å². The number of ether oxygens (including phenoxy) is 4. The van der Waals surface area contributed by atoms with Crippen LogP contribution >= 0.6 is 15.6 Å². The molecule has 0 aromatic rings. The van der Waals surface area contributed by atoms with Crippen molar-refractivity contribution in [3.8, 4) is 0 Å². The van der Waals surface area contributed by atoms with Crippen LogP contribution in [0.25, 0.3) is 0 Å². The molecule has 0 aliphatic carbocycles. The topological polar surface area (TPSA) is 237 Å². The van der Waals surface area contributed by atoms with Gasteiger partial charge in [0.05, 0.1) is 26.4 Å². The molecule has 0 bridgehead atoms. The number of unbranched alkanes of at least 4 members (excludes halogenated alkanes) is 43. The van der Waals surface area contributed by atoms with Gasteiger partial charge in [0.2, 0.25) is 0 Å². The number of aliphatic hydroxyl groups excluding tert-OH is 1. The molecule has 0 saturated carbocycles. The third-order valence-corrected chi connectivity index (χ3v) is 20.4. The van der Waals surface area contributed by atoms with E-state index >= 15 is 0 Å². The Labute approximate surface area is 594 Å². The summed E-state index contributed by atoms with van der Waals surface area (Å²) in [5.74, 6) is 0.210. The lowest BCUT2D eigenvalue weighted by Crippen LogP contribution is -2.30. The van der Waals surface area contributed by atoms with E-state index in [1.165, 1.54) is 205 Å². The smallest absolute Gasteiger partial charge is 0.462 e. The van der Waals surface area contributed by atoms with E-state index in [1.807, 2.05) is 0 Å². The number of phosphoric ester groups is 2. The average Bonchev–Trinajstić information content (AvgIpc) is 1.03. The molecule has 3 unspecified atom stereocenters. The first-order valence-corrected chi connectivity index (χ1v) is 43.4. The van der Waals surface area contributed by atoms with Gasteiger partial charge in [-0.25, -0.2) is 9.13 Å². The molecule has 0 aliphatic rings. The summed E-state index contributed by atoms with van der Waals surface area (Å²) in [4.78, 5) is 72.9. The lowest BCUT2D eigenvalue weighted by Gasteiger charge is -2.21. The summed E-state index contributed by atoms with van der Waals surface area (Å²) in [7, 11) is -9.92. The molecule has 17 nitrogen and oxygen atoms in total. The minimum Gasteiger partial charge on any atom is -0.462 e. The predicted octanol–water partition coefficient (Wildman–Crippen LogP) is 23.0. The van der Waals surface area contributed by atoms with Crippen LogP contribution in [0.4, 0.5) is 0 Å². The molecule has 576 valence electrons. The molecule has 6 atom stereocenters. The van der Waals surface area contributed by atoms with Gasteiger partial charge in [0.15, 0.2) is 12.2 Å². The summed E-state index contributed by atoms with van der Waals surface area (Å²) in [6.45, 7) is 11.9. The summed E-state index contributed by atoms with van der Waals surface area (Å²) in [6, 6.07) is 0. The van der Waals surface area contributed by atoms with Crippen LogP contribution in [0.5, 0.6) is 0 Å². The Morgan fingerprint density at radius 3 is 0.784 bits per heavy atom. The van der Waals surface area contributed by atoms with E-state index in [4.69, 9.17) is 37.0 Å². The lowest BCUT2D eigenvalue weighted by atomic mass is 10.00. The van der Waals surface area contributed by atoms with Crippen LogP contribution in [0.3, 0.4) is 0 Å². The van der Waals surface area contributed by atoms with Crippen LogP contribution in [0.15, 0.2) is 0 Å². The molecule has 97 heavy (non-hydrogen) atoms. The van der Waals surface area contributed by atoms with Gasteiger partial charge in [-0.15, -0.1) is 0 Å². The largest absolute Gasteiger partial charge is 0.472 e. The molecule has 0 radical (unpaired) electrons. The van der Waals surface area contributed by atoms with Crippen molar-refractivity contribution in [3.63, 3.8) is 0 Å². The summed E-state index contributed by atoms with van der Waals surface area (Å²) in [6.07, 6.45) is 55.4. The molecule has 0 fully saturated rings. The fraction of sp³-hybridized carbons (Fsp3) is 0.949. The number of esters is 4. The first-order valence-electron chi connectivity index (χ1n) is 40.4. The van der Waals surface area contributed by atoms with Gasteiger partial charge >= 0.3 is 39.5 Å². The number of carbonyl (C=O) groups is 4. The van der Waals surface area contributed by atoms with Crippen LogP contribution in [0.1, 0.15) is 402 Å². The van der Waals surface area contributed by atoms with Gasteiger partial charge in [-0.2, -0.15) is 0 Å². The van der Waals surface area contributed by atoms with Gasteiger partial charge in [-0.1, -0.05) is 350 Å². The van der Waals surface area contributed by atoms with Crippen LogP contribution in [-0.2, 0) is 65.4 Å². The molecule has 0 aromatic heterocycles. The first kappa shape index (κ1) is 95.1. The minimum absolute atomic E-state index is 0.107. The lowest BCUT2D eigenvalue weighted by molar-refractivity contribution is -0.161. The summed E-state index contributed by atoms with van der Waals surface area (Å²) in [5.41, 5.74) is 0. The monoisotopic (exact) mass is 1420 g/mol. The zero-order valence-electron chi connectivity index (χ0n) is 63.5. The third-order valence-electron chi connectivity index (χ3n) is 18.5. The molecule has 0 spiro atoms. The highest BCUT2D eigenvalue weighted by atomic mass is 31.2. The first-order chi connectivity index (χ1) is 46.8. The Kier molecular flexibility index (Phi) is 67.1. The van der Waals surface area contributed by atoms with Crippen molar-refractivity contribution in [1.29, 1.82) is 0 Å². The standard InChI is InChI=1S/C78H152O17P2/c1-8-10-11-12-13-14-15-20-28-33-38-47-54-61-78(83)95-74(66-89-76(81)60-53-46-41-40-44-51-58-71(7)9-2)68-93-97(86,87)91-64-72(79)63-90-96(84,85)92-67-73(65-88-75(80)59-52-45-37-32-27-24-19-22-26-31-36-43-50-57-70(5)6)94-77(82)62-55-48-39-34-29-23-18-16-17-21-25-30-35-42-49-56-69(3)4/h69-74,79H,8-68H2,1-7H3,(H,84,85)(H,86,87)/t71?,72-,73-,74-/m1/s1. The Bertz CT molecular complexity index is 1890. The van der Waals surface area contributed by atoms with Crippen LogP contribution in [0, 0.1) is 17.8 Å². The highest BCUT2D eigenvalue weighted by molar-refractivity contribution is 7.47. The number of hydrogen-bond donors (Lipinski definition) is 3. The van der Waals surface area contributed by atoms with Gasteiger partial charge in [0.1, 0.15) is 19.3 Å². The van der Waals surface area contributed by atoms with Crippen molar-refractivity contribution in [1.82, 2.24) is 0 Å². The summed E-state index contributed by atoms with van der Waals surface area (Å²) < 4.78 is 68.6. The van der Waals surface area contributed by atoms with E-state index < -0.39 is 97.5 Å². The Morgan fingerprint density at radius 2 is 0.526 bits per heavy atom. The number of carbonyl (C=O) groups excluding carboxylic acids is 4. The molecular weight excluding hydrogens is 1270 g/mol. The molecule has 0 aliphatic heterocycles. The second-order valence-corrected chi connectivity index (χ2v) is 32.2. The van der Waals surface area contributed by atoms with E-state index in [0.717, 1.165) is 114 Å². The molecule has 0 saturated heterocycles. The Balaban J connectivity index is 5.25. The zero-order valence-corrected chi connectivity index (χ0v) is 65.3. The molecule has 0 aromatic carbocycles. The van der Waals surface area contributed by atoms with Crippen LogP contribution in [0.2, 0.25) is 0 Å². The summed E-state index contributed by atoms with van der Waals surface area (Å²) in [5, 5.41) is 10.6. The van der Waals surface area contributed by atoms with Gasteiger partial charge in [0, 0.05) is 25.7 Å². The van der Waals surface area contributed by atoms with Crippen molar-refractivity contribution < 1.29 is 80.2 Å². The van der Waals surface area contributed by atoms with E-state index in [0.29, 0.717) is 25.7 Å². The Hall–Kier alpha value is -1.94. The minimum atomic E-state index is -4.96. The van der Waals surface area contributed by atoms with E-state index in [2.05, 4.69) is 48.5 Å². The van der Waals surface area contributed by atoms with Crippen LogP contribution in [-0.4, -0.2) is 96.7 Å². The number of rotatable bonds is 76. The summed E-state index contributed by atoms with van der Waals surface area (Å²) >= 11 is 0. The fourth-order valence-corrected chi connectivity index (χ4v) is 13.5. The molecule has 0 heterocycles. The maximum atomic E-state index is 13.1. The average molecular weight is 1420 g/mol. The van der Waals surface area contributed by atoms with E-state index in [-0.39, 0.29) is 25.7 Å². The van der Waals surface area contributed by atoms with Gasteiger partial charge < -0.3 is 33.8 Å². The normalized spacial score (nSPS) is 14.3. The van der Waals surface area contributed by atoms with Crippen LogP contribution < -0.4 is 0 Å².